The quantitative estimate of drug-likeness (QED) is 0.842. The van der Waals surface area contributed by atoms with Gasteiger partial charge in [0.1, 0.15) is 10.7 Å². The van der Waals surface area contributed by atoms with Crippen LogP contribution in [0, 0.1) is 36.7 Å². The van der Waals surface area contributed by atoms with Crippen molar-refractivity contribution in [2.75, 3.05) is 31.1 Å². The van der Waals surface area contributed by atoms with E-state index in [2.05, 4.69) is 46.5 Å². The first-order valence-corrected chi connectivity index (χ1v) is 9.09. The lowest BCUT2D eigenvalue weighted by Crippen LogP contribution is -3.14. The molecule has 0 unspecified atom stereocenters. The molecule has 0 amide bonds. The molecule has 6 heteroatoms. The van der Waals surface area contributed by atoms with Crippen molar-refractivity contribution >= 4 is 17.9 Å². The van der Waals surface area contributed by atoms with E-state index in [1.54, 1.807) is 0 Å². The van der Waals surface area contributed by atoms with E-state index in [1.165, 1.54) is 21.8 Å². The summed E-state index contributed by atoms with van der Waals surface area (Å²) in [6.07, 6.45) is 3.94. The number of piperazine rings is 1. The van der Waals surface area contributed by atoms with Gasteiger partial charge in [-0.15, -0.1) is 0 Å². The first kappa shape index (κ1) is 17.6. The maximum absolute atomic E-state index is 9.46. The fourth-order valence-electron chi connectivity index (χ4n) is 3.48. The van der Waals surface area contributed by atoms with Crippen molar-refractivity contribution in [2.24, 2.45) is 0 Å². The maximum atomic E-state index is 9.46. The Balaban J connectivity index is 1.76. The second kappa shape index (κ2) is 7.34. The highest BCUT2D eigenvalue weighted by Crippen LogP contribution is 2.18. The van der Waals surface area contributed by atoms with E-state index >= 15 is 0 Å². The number of aromatic nitrogens is 2. The molecule has 1 fully saturated rings. The van der Waals surface area contributed by atoms with E-state index in [0.717, 1.165) is 38.4 Å². The van der Waals surface area contributed by atoms with Gasteiger partial charge in [0.2, 0.25) is 0 Å². The normalized spacial score (nSPS) is 15.2. The van der Waals surface area contributed by atoms with Crippen LogP contribution in [0.5, 0.6) is 0 Å². The third kappa shape index (κ3) is 3.44. The van der Waals surface area contributed by atoms with Gasteiger partial charge in [-0.3, -0.25) is 4.57 Å². The van der Waals surface area contributed by atoms with Gasteiger partial charge in [-0.2, -0.15) is 5.26 Å². The summed E-state index contributed by atoms with van der Waals surface area (Å²) in [5.41, 5.74) is 5.28. The summed E-state index contributed by atoms with van der Waals surface area (Å²) in [6.45, 7) is 11.2. The van der Waals surface area contributed by atoms with Crippen LogP contribution in [-0.4, -0.2) is 30.7 Å². The second-order valence-electron chi connectivity index (χ2n) is 6.71. The van der Waals surface area contributed by atoms with Crippen LogP contribution < -0.4 is 14.8 Å². The molecule has 2 N–H and O–H groups in total. The minimum absolute atomic E-state index is 0.650. The van der Waals surface area contributed by atoms with E-state index in [-0.39, 0.29) is 0 Å². The zero-order valence-corrected chi connectivity index (χ0v) is 15.9. The lowest BCUT2D eigenvalue weighted by atomic mass is 10.0. The molecule has 0 radical (unpaired) electrons. The third-order valence-corrected chi connectivity index (χ3v) is 5.80. The average Bonchev–Trinajstić information content (AvgIpc) is 2.65. The largest absolute Gasteiger partial charge is 0.360 e. The van der Waals surface area contributed by atoms with Crippen molar-refractivity contribution in [3.8, 4) is 6.07 Å². The summed E-state index contributed by atoms with van der Waals surface area (Å²) in [4.78, 5) is 7.00. The third-order valence-electron chi connectivity index (χ3n) is 5.37. The Bertz CT molecular complexity index is 858. The van der Waals surface area contributed by atoms with Gasteiger partial charge in [-0.05, 0) is 31.9 Å². The number of aromatic amines is 1. The van der Waals surface area contributed by atoms with Crippen molar-refractivity contribution in [1.29, 1.82) is 5.26 Å². The van der Waals surface area contributed by atoms with E-state index in [4.69, 9.17) is 12.2 Å². The first-order valence-electron chi connectivity index (χ1n) is 8.68. The van der Waals surface area contributed by atoms with Crippen molar-refractivity contribution in [3.05, 3.63) is 51.6 Å². The van der Waals surface area contributed by atoms with Crippen molar-refractivity contribution < 1.29 is 9.88 Å². The fraction of sp³-hybridized carbons (Fsp3) is 0.421. The van der Waals surface area contributed by atoms with Crippen LogP contribution in [0.4, 0.5) is 5.69 Å². The molecular formula is C19H25N5S+2. The Morgan fingerprint density at radius 1 is 1.16 bits per heavy atom. The summed E-state index contributed by atoms with van der Waals surface area (Å²) in [7, 11) is 0. The number of hydrogen-bond donors (Lipinski definition) is 1. The van der Waals surface area contributed by atoms with Crippen LogP contribution in [0.2, 0.25) is 0 Å². The highest BCUT2D eigenvalue weighted by molar-refractivity contribution is 7.71. The van der Waals surface area contributed by atoms with Gasteiger partial charge in [0, 0.05) is 23.5 Å². The number of quaternary nitrogens is 1. The smallest absolute Gasteiger partial charge is 0.169 e. The molecule has 1 saturated heterocycles. The topological polar surface area (TPSA) is 50.5 Å². The van der Waals surface area contributed by atoms with E-state index in [1.807, 2.05) is 19.3 Å². The molecule has 0 aliphatic carbocycles. The van der Waals surface area contributed by atoms with Gasteiger partial charge in [-0.25, -0.2) is 4.98 Å². The minimum Gasteiger partial charge on any atom is -0.360 e. The summed E-state index contributed by atoms with van der Waals surface area (Å²) >= 11 is 5.61. The number of anilines is 1. The second-order valence-corrected chi connectivity index (χ2v) is 7.10. The Morgan fingerprint density at radius 3 is 2.40 bits per heavy atom. The lowest BCUT2D eigenvalue weighted by Gasteiger charge is -2.34. The standard InChI is InChI=1S/C19H23N5S/c1-14-15(2)18(12-20)19(25)24(16(14)3)13-22-8-10-23(11-9-22)17-4-6-21-7-5-17/h4-7H,8-11,13H2,1-3H3/p+2. The molecule has 0 bridgehead atoms. The average molecular weight is 356 g/mol. The molecule has 25 heavy (non-hydrogen) atoms. The van der Waals surface area contributed by atoms with Crippen LogP contribution in [-0.2, 0) is 6.67 Å². The number of pyridine rings is 2. The number of nitrogens with zero attached hydrogens (tertiary/aromatic N) is 3. The molecule has 1 aliphatic rings. The molecule has 5 nitrogen and oxygen atoms in total. The Hall–Kier alpha value is -2.23. The fourth-order valence-corrected chi connectivity index (χ4v) is 3.88. The Labute approximate surface area is 154 Å². The molecule has 2 aromatic heterocycles. The molecule has 3 heterocycles. The zero-order chi connectivity index (χ0) is 18.0. The van der Waals surface area contributed by atoms with Gasteiger partial charge < -0.3 is 9.80 Å². The molecule has 2 aromatic rings. The van der Waals surface area contributed by atoms with Gasteiger partial charge in [0.25, 0.3) is 0 Å². The van der Waals surface area contributed by atoms with Gasteiger partial charge >= 0.3 is 0 Å². The van der Waals surface area contributed by atoms with Crippen LogP contribution in [0.1, 0.15) is 22.4 Å². The van der Waals surface area contributed by atoms with E-state index < -0.39 is 0 Å². The van der Waals surface area contributed by atoms with Crippen LogP contribution >= 0.6 is 12.2 Å². The monoisotopic (exact) mass is 355 g/mol. The highest BCUT2D eigenvalue weighted by Gasteiger charge is 2.22. The predicted octanol–water partition coefficient (Wildman–Crippen LogP) is 1.19. The van der Waals surface area contributed by atoms with Crippen molar-refractivity contribution in [3.63, 3.8) is 0 Å². The lowest BCUT2D eigenvalue weighted by molar-refractivity contribution is -0.923. The minimum atomic E-state index is 0.650. The molecule has 3 rings (SSSR count). The van der Waals surface area contributed by atoms with E-state index in [0.29, 0.717) is 10.2 Å². The number of hydrogen-bond acceptors (Lipinski definition) is 3. The van der Waals surface area contributed by atoms with Gasteiger partial charge in [0.05, 0.1) is 31.7 Å². The summed E-state index contributed by atoms with van der Waals surface area (Å²) in [6, 6.07) is 6.53. The van der Waals surface area contributed by atoms with Crippen LogP contribution in [0.15, 0.2) is 24.5 Å². The zero-order valence-electron chi connectivity index (χ0n) is 15.1. The maximum Gasteiger partial charge on any atom is 0.169 e. The van der Waals surface area contributed by atoms with Gasteiger partial charge in [-0.1, -0.05) is 12.2 Å². The molecular weight excluding hydrogens is 330 g/mol. The predicted molar refractivity (Wildman–Crippen MR) is 100 cm³/mol. The Kier molecular flexibility index (Phi) is 5.16. The number of rotatable bonds is 3. The van der Waals surface area contributed by atoms with Crippen molar-refractivity contribution in [2.45, 2.75) is 27.4 Å². The Morgan fingerprint density at radius 2 is 1.80 bits per heavy atom. The van der Waals surface area contributed by atoms with Crippen molar-refractivity contribution in [1.82, 2.24) is 4.57 Å². The van der Waals surface area contributed by atoms with Crippen LogP contribution in [0.3, 0.4) is 0 Å². The molecule has 1 aliphatic heterocycles. The molecule has 0 aromatic carbocycles. The first-order chi connectivity index (χ1) is 12.0. The SMILES string of the molecule is Cc1c(C)c(C)n(C[NH+]2CCN(c3cc[nH+]cc3)CC2)c(=S)c1C#N. The molecule has 0 saturated carbocycles. The highest BCUT2D eigenvalue weighted by atomic mass is 32.1. The number of H-pyrrole nitrogens is 1. The molecule has 0 atom stereocenters. The summed E-state index contributed by atoms with van der Waals surface area (Å²) in [5.74, 6) is 0. The summed E-state index contributed by atoms with van der Waals surface area (Å²) < 4.78 is 2.83. The summed E-state index contributed by atoms with van der Waals surface area (Å²) in [5, 5.41) is 9.46. The molecule has 0 spiro atoms. The van der Waals surface area contributed by atoms with E-state index in [9.17, 15) is 5.26 Å². The molecule has 130 valence electrons. The number of nitrogens with one attached hydrogen (secondary N) is 2. The number of nitriles is 1. The van der Waals surface area contributed by atoms with Gasteiger partial charge in [0.15, 0.2) is 19.1 Å². The van der Waals surface area contributed by atoms with Crippen LogP contribution in [0.25, 0.3) is 0 Å².